The zero-order valence-electron chi connectivity index (χ0n) is 25.5. The van der Waals surface area contributed by atoms with Gasteiger partial charge in [-0.05, 0) is 31.5 Å². The fourth-order valence-corrected chi connectivity index (χ4v) is 3.84. The SMILES string of the molecule is Cc1c(N=Nc2cc([N+](=O)[O-])ccc2O)c(O)n(C)c(=O)c1C#N.[C-]#[N+]c1c(C)c(N=Nc2cc([N+](=O)[O-])ccc2O)c(O)n(C)c1=O.[Cu]. The van der Waals surface area contributed by atoms with E-state index in [0.29, 0.717) is 0 Å². The predicted molar refractivity (Wildman–Crippen MR) is 165 cm³/mol. The average Bonchev–Trinajstić information content (AvgIpc) is 3.04. The summed E-state index contributed by atoms with van der Waals surface area (Å²) in [4.78, 5) is 47.0. The molecule has 21 heteroatoms. The van der Waals surface area contributed by atoms with Gasteiger partial charge in [-0.15, -0.1) is 20.5 Å². The summed E-state index contributed by atoms with van der Waals surface area (Å²) >= 11 is 0. The Morgan fingerprint density at radius 1 is 0.776 bits per heavy atom. The van der Waals surface area contributed by atoms with E-state index in [2.05, 4.69) is 25.3 Å². The van der Waals surface area contributed by atoms with Gasteiger partial charge in [0.05, 0.1) is 16.4 Å². The topological polar surface area (TPSA) is 289 Å². The van der Waals surface area contributed by atoms with Gasteiger partial charge in [-0.3, -0.25) is 39.0 Å². The first kappa shape index (κ1) is 38.2. The Bertz CT molecular complexity index is 2110. The molecule has 0 unspecified atom stereocenters. The zero-order valence-corrected chi connectivity index (χ0v) is 26.4. The molecular formula is C28H22CuN10O10. The summed E-state index contributed by atoms with van der Waals surface area (Å²) in [6.45, 7) is 9.85. The Kier molecular flexibility index (Phi) is 12.1. The quantitative estimate of drug-likeness (QED) is 0.0653. The van der Waals surface area contributed by atoms with Crippen LogP contribution in [0.5, 0.6) is 23.3 Å². The first-order valence-corrected chi connectivity index (χ1v) is 13.0. The number of nitro groups is 2. The number of phenols is 2. The number of rotatable bonds is 6. The number of hydrogen-bond acceptors (Lipinski definition) is 15. The minimum Gasteiger partial charge on any atom is -0.506 e. The summed E-state index contributed by atoms with van der Waals surface area (Å²) in [5.74, 6) is -1.74. The molecule has 2 aromatic carbocycles. The molecule has 0 aliphatic rings. The van der Waals surface area contributed by atoms with Gasteiger partial charge in [0.25, 0.3) is 28.2 Å². The minimum absolute atomic E-state index is 0. The molecular weight excluding hydrogens is 700 g/mol. The third-order valence-corrected chi connectivity index (χ3v) is 6.60. The van der Waals surface area contributed by atoms with Gasteiger partial charge in [0.15, 0.2) is 5.69 Å². The number of pyridine rings is 2. The molecule has 0 spiro atoms. The molecule has 255 valence electrons. The molecule has 0 saturated heterocycles. The number of hydrogen-bond donors (Lipinski definition) is 4. The van der Waals surface area contributed by atoms with Crippen LogP contribution in [0, 0.1) is 52.0 Å². The molecule has 1 radical (unpaired) electrons. The van der Waals surface area contributed by atoms with Crippen LogP contribution in [0.2, 0.25) is 0 Å². The van der Waals surface area contributed by atoms with E-state index in [0.717, 1.165) is 45.5 Å². The summed E-state index contributed by atoms with van der Waals surface area (Å²) in [5, 5.41) is 84.7. The fourth-order valence-electron chi connectivity index (χ4n) is 3.84. The van der Waals surface area contributed by atoms with E-state index in [-0.39, 0.29) is 85.1 Å². The smallest absolute Gasteiger partial charge is 0.271 e. The van der Waals surface area contributed by atoms with Gasteiger partial charge in [0.1, 0.15) is 40.2 Å². The van der Waals surface area contributed by atoms with Crippen molar-refractivity contribution < 1.29 is 47.3 Å². The molecule has 20 nitrogen and oxygen atoms in total. The molecule has 0 aliphatic carbocycles. The van der Waals surface area contributed by atoms with Crippen molar-refractivity contribution in [3.63, 3.8) is 0 Å². The zero-order chi connectivity index (χ0) is 36.0. The summed E-state index contributed by atoms with van der Waals surface area (Å²) in [7, 11) is 2.51. The molecule has 0 fully saturated rings. The van der Waals surface area contributed by atoms with Crippen molar-refractivity contribution in [2.75, 3.05) is 0 Å². The van der Waals surface area contributed by atoms with Gasteiger partial charge in [0.2, 0.25) is 11.8 Å². The summed E-state index contributed by atoms with van der Waals surface area (Å²) in [5.41, 5.74) is -2.90. The van der Waals surface area contributed by atoms with Crippen molar-refractivity contribution in [2.45, 2.75) is 13.8 Å². The molecule has 49 heavy (non-hydrogen) atoms. The van der Waals surface area contributed by atoms with E-state index in [9.17, 15) is 50.2 Å². The van der Waals surface area contributed by atoms with Crippen LogP contribution in [0.1, 0.15) is 16.7 Å². The number of azo groups is 2. The van der Waals surface area contributed by atoms with E-state index in [1.807, 2.05) is 0 Å². The van der Waals surface area contributed by atoms with Gasteiger partial charge in [0, 0.05) is 61.0 Å². The molecule has 4 aromatic rings. The Morgan fingerprint density at radius 2 is 1.18 bits per heavy atom. The van der Waals surface area contributed by atoms with Crippen LogP contribution in [-0.2, 0) is 31.2 Å². The predicted octanol–water partition coefficient (Wildman–Crippen LogP) is 5.28. The average molecular weight is 722 g/mol. The van der Waals surface area contributed by atoms with Gasteiger partial charge in [-0.2, -0.15) is 5.26 Å². The summed E-state index contributed by atoms with van der Waals surface area (Å²) in [6, 6.07) is 8.09. The van der Waals surface area contributed by atoms with Gasteiger partial charge in [-0.1, -0.05) is 0 Å². The largest absolute Gasteiger partial charge is 0.506 e. The van der Waals surface area contributed by atoms with Crippen LogP contribution in [0.25, 0.3) is 4.85 Å². The number of benzene rings is 2. The van der Waals surface area contributed by atoms with Crippen molar-refractivity contribution in [3.8, 4) is 29.3 Å². The maximum Gasteiger partial charge on any atom is 0.271 e. The van der Waals surface area contributed by atoms with Gasteiger partial charge in [-0.25, -0.2) is 4.85 Å². The Labute approximate surface area is 284 Å². The molecule has 0 atom stereocenters. The first-order chi connectivity index (χ1) is 22.5. The standard InChI is InChI=1S/2C14H11N5O5.Cu/c1-7-11(15-2)13(21)18(3)14(22)12(7)17-16-9-6-8(19(23)24)4-5-10(9)20;1-7-9(6-15)13(21)18(2)14(22)12(7)17-16-10-5-8(19(23)24)3-4-11(10)20;/h4-6,20,22H,1,3H3;3-5,20,22H,1-2H3;. The van der Waals surface area contributed by atoms with E-state index in [1.54, 1.807) is 6.07 Å². The number of nitro benzene ring substituents is 2. The maximum atomic E-state index is 11.8. The third kappa shape index (κ3) is 7.89. The second-order valence-corrected chi connectivity index (χ2v) is 9.53. The van der Waals surface area contributed by atoms with E-state index >= 15 is 0 Å². The van der Waals surface area contributed by atoms with E-state index < -0.39 is 32.7 Å². The molecule has 0 amide bonds. The van der Waals surface area contributed by atoms with Crippen molar-refractivity contribution in [2.24, 2.45) is 34.6 Å². The Hall–Kier alpha value is -6.96. The first-order valence-electron chi connectivity index (χ1n) is 13.0. The molecule has 0 bridgehead atoms. The molecule has 4 N–H and O–H groups in total. The Balaban J connectivity index is 0.000000333. The van der Waals surface area contributed by atoms with E-state index in [4.69, 9.17) is 11.8 Å². The van der Waals surface area contributed by atoms with Crippen LogP contribution < -0.4 is 11.1 Å². The fraction of sp³-hybridized carbons (Fsp3) is 0.143. The van der Waals surface area contributed by atoms with Crippen molar-refractivity contribution >= 4 is 39.8 Å². The molecule has 0 aliphatic heterocycles. The molecule has 2 aromatic heterocycles. The normalized spacial score (nSPS) is 10.5. The monoisotopic (exact) mass is 721 g/mol. The number of aromatic hydroxyl groups is 4. The van der Waals surface area contributed by atoms with E-state index in [1.165, 1.54) is 27.9 Å². The Morgan fingerprint density at radius 3 is 1.57 bits per heavy atom. The van der Waals surface area contributed by atoms with Crippen LogP contribution in [0.3, 0.4) is 0 Å². The molecule has 4 rings (SSSR count). The minimum atomic E-state index is -0.690. The number of aromatic nitrogens is 2. The van der Waals surface area contributed by atoms with Crippen molar-refractivity contribution in [3.05, 3.63) is 105 Å². The molecule has 2 heterocycles. The van der Waals surface area contributed by atoms with Crippen molar-refractivity contribution in [1.29, 1.82) is 5.26 Å². The second-order valence-electron chi connectivity index (χ2n) is 9.53. The van der Waals surface area contributed by atoms with Crippen molar-refractivity contribution in [1.82, 2.24) is 9.13 Å². The van der Waals surface area contributed by atoms with Gasteiger partial charge < -0.3 is 20.4 Å². The third-order valence-electron chi connectivity index (χ3n) is 6.60. The van der Waals surface area contributed by atoms with Crippen LogP contribution in [-0.4, -0.2) is 39.4 Å². The maximum absolute atomic E-state index is 11.8. The second kappa shape index (κ2) is 15.6. The van der Waals surface area contributed by atoms with Gasteiger partial charge >= 0.3 is 0 Å². The van der Waals surface area contributed by atoms with Crippen LogP contribution >= 0.6 is 0 Å². The number of nitriles is 1. The van der Waals surface area contributed by atoms with Crippen LogP contribution in [0.4, 0.5) is 39.8 Å². The summed E-state index contributed by atoms with van der Waals surface area (Å²) < 4.78 is 1.66. The summed E-state index contributed by atoms with van der Waals surface area (Å²) in [6.07, 6.45) is 0. The number of nitrogens with zero attached hydrogens (tertiary/aromatic N) is 10. The number of phenolic OH excluding ortho intramolecular Hbond substituents is 2. The van der Waals surface area contributed by atoms with Crippen LogP contribution in [0.15, 0.2) is 66.4 Å². The molecule has 0 saturated carbocycles. The number of non-ortho nitro benzene ring substituents is 2.